The molecule has 126 valence electrons. The minimum atomic E-state index is -0.115. The van der Waals surface area contributed by atoms with Crippen molar-refractivity contribution in [1.82, 2.24) is 15.2 Å². The Labute approximate surface area is 145 Å². The molecule has 1 amide bonds. The fourth-order valence-electron chi connectivity index (χ4n) is 3.01. The molecule has 0 radical (unpaired) electrons. The highest BCUT2D eigenvalue weighted by Crippen LogP contribution is 2.30. The molecule has 0 atom stereocenters. The van der Waals surface area contributed by atoms with Gasteiger partial charge in [0, 0.05) is 29.2 Å². The molecule has 2 heterocycles. The van der Waals surface area contributed by atoms with E-state index >= 15 is 0 Å². The van der Waals surface area contributed by atoms with Gasteiger partial charge >= 0.3 is 0 Å². The van der Waals surface area contributed by atoms with Gasteiger partial charge in [0.05, 0.1) is 11.1 Å². The number of aromatic nitrogens is 1. The van der Waals surface area contributed by atoms with Crippen LogP contribution in [0.5, 0.6) is 0 Å². The topological polar surface area (TPSA) is 58.4 Å². The van der Waals surface area contributed by atoms with Crippen molar-refractivity contribution in [3.05, 3.63) is 54.1 Å². The molecule has 0 aliphatic heterocycles. The second-order valence-electron chi connectivity index (χ2n) is 6.38. The number of furan rings is 1. The smallest absolute Gasteiger partial charge is 0.253 e. The standard InChI is InChI=1S/C20H19N3O2/c1-23(2)11-10-21-19(24)15-8-5-6-13-12-16-14-7-3-4-9-17(14)25-20(16)22-18(13)15/h3-9,12H,10-11H2,1-2H3,(H,21,24). The van der Waals surface area contributed by atoms with E-state index in [0.717, 1.165) is 28.3 Å². The lowest BCUT2D eigenvalue weighted by atomic mass is 10.1. The number of nitrogens with one attached hydrogen (secondary N) is 1. The van der Waals surface area contributed by atoms with E-state index in [1.165, 1.54) is 0 Å². The Hall–Kier alpha value is -2.92. The molecule has 2 aromatic carbocycles. The molecule has 0 bridgehead atoms. The van der Waals surface area contributed by atoms with Crippen molar-refractivity contribution < 1.29 is 9.21 Å². The molecule has 1 N–H and O–H groups in total. The van der Waals surface area contributed by atoms with Crippen molar-refractivity contribution in [3.8, 4) is 0 Å². The molecule has 5 heteroatoms. The summed E-state index contributed by atoms with van der Waals surface area (Å²) in [5.41, 5.74) is 2.59. The first kappa shape index (κ1) is 15.6. The van der Waals surface area contributed by atoms with Gasteiger partial charge in [-0.25, -0.2) is 4.98 Å². The second-order valence-corrected chi connectivity index (χ2v) is 6.38. The van der Waals surface area contributed by atoms with E-state index in [9.17, 15) is 4.79 Å². The molecule has 25 heavy (non-hydrogen) atoms. The molecule has 0 saturated heterocycles. The van der Waals surface area contributed by atoms with E-state index < -0.39 is 0 Å². The Morgan fingerprint density at radius 1 is 1.12 bits per heavy atom. The third kappa shape index (κ3) is 2.83. The highest BCUT2D eigenvalue weighted by molar-refractivity contribution is 6.11. The van der Waals surface area contributed by atoms with Gasteiger partial charge < -0.3 is 14.6 Å². The molecule has 0 aliphatic rings. The zero-order chi connectivity index (χ0) is 17.4. The molecule has 4 rings (SSSR count). The van der Waals surface area contributed by atoms with Crippen LogP contribution in [0.1, 0.15) is 10.4 Å². The number of carbonyl (C=O) groups is 1. The van der Waals surface area contributed by atoms with Crippen molar-refractivity contribution in [2.24, 2.45) is 0 Å². The van der Waals surface area contributed by atoms with Gasteiger partial charge in [-0.05, 0) is 32.3 Å². The number of para-hydroxylation sites is 2. The maximum absolute atomic E-state index is 12.5. The summed E-state index contributed by atoms with van der Waals surface area (Å²) in [6.07, 6.45) is 0. The van der Waals surface area contributed by atoms with E-state index in [4.69, 9.17) is 4.42 Å². The summed E-state index contributed by atoms with van der Waals surface area (Å²) in [5, 5.41) is 5.88. The Morgan fingerprint density at radius 3 is 2.80 bits per heavy atom. The third-order valence-electron chi connectivity index (χ3n) is 4.28. The van der Waals surface area contributed by atoms with Crippen molar-refractivity contribution in [1.29, 1.82) is 0 Å². The molecule has 4 aromatic rings. The first-order valence-corrected chi connectivity index (χ1v) is 8.27. The number of rotatable bonds is 4. The monoisotopic (exact) mass is 333 g/mol. The van der Waals surface area contributed by atoms with Gasteiger partial charge in [0.2, 0.25) is 5.71 Å². The van der Waals surface area contributed by atoms with Gasteiger partial charge in [-0.3, -0.25) is 4.79 Å². The van der Waals surface area contributed by atoms with Crippen LogP contribution in [0.25, 0.3) is 33.0 Å². The number of hydrogen-bond acceptors (Lipinski definition) is 4. The van der Waals surface area contributed by atoms with Crippen LogP contribution >= 0.6 is 0 Å². The maximum atomic E-state index is 12.5. The predicted octanol–water partition coefficient (Wildman–Crippen LogP) is 3.43. The van der Waals surface area contributed by atoms with Crippen molar-refractivity contribution in [3.63, 3.8) is 0 Å². The van der Waals surface area contributed by atoms with Crippen LogP contribution in [-0.2, 0) is 0 Å². The third-order valence-corrected chi connectivity index (χ3v) is 4.28. The highest BCUT2D eigenvalue weighted by Gasteiger charge is 2.14. The van der Waals surface area contributed by atoms with Gasteiger partial charge in [0.25, 0.3) is 5.91 Å². The van der Waals surface area contributed by atoms with Crippen molar-refractivity contribution in [2.45, 2.75) is 0 Å². The van der Waals surface area contributed by atoms with E-state index in [0.29, 0.717) is 23.3 Å². The maximum Gasteiger partial charge on any atom is 0.253 e. The zero-order valence-corrected chi connectivity index (χ0v) is 14.2. The van der Waals surface area contributed by atoms with Gasteiger partial charge in [-0.2, -0.15) is 0 Å². The van der Waals surface area contributed by atoms with E-state index in [1.54, 1.807) is 6.07 Å². The number of likely N-dealkylation sites (N-methyl/N-ethyl adjacent to an activating group) is 1. The normalized spacial score (nSPS) is 11.6. The number of carbonyl (C=O) groups excluding carboxylic acids is 1. The van der Waals surface area contributed by atoms with Gasteiger partial charge in [0.1, 0.15) is 5.58 Å². The Kier molecular flexibility index (Phi) is 3.86. The number of pyridine rings is 1. The largest absolute Gasteiger partial charge is 0.438 e. The zero-order valence-electron chi connectivity index (χ0n) is 14.2. The SMILES string of the molecule is CN(C)CCNC(=O)c1cccc2cc3c(nc12)oc1ccccc13. The fraction of sp³-hybridized carbons (Fsp3) is 0.200. The summed E-state index contributed by atoms with van der Waals surface area (Å²) >= 11 is 0. The summed E-state index contributed by atoms with van der Waals surface area (Å²) in [4.78, 5) is 19.2. The summed E-state index contributed by atoms with van der Waals surface area (Å²) < 4.78 is 5.86. The van der Waals surface area contributed by atoms with Crippen LogP contribution in [0.15, 0.2) is 52.9 Å². The summed E-state index contributed by atoms with van der Waals surface area (Å²) in [6.45, 7) is 1.38. The molecule has 0 aliphatic carbocycles. The van der Waals surface area contributed by atoms with Crippen LogP contribution in [0.3, 0.4) is 0 Å². The van der Waals surface area contributed by atoms with E-state index in [-0.39, 0.29) is 5.91 Å². The van der Waals surface area contributed by atoms with Gasteiger partial charge in [-0.1, -0.05) is 30.3 Å². The number of fused-ring (bicyclic) bond motifs is 4. The Balaban J connectivity index is 1.80. The average molecular weight is 333 g/mol. The van der Waals surface area contributed by atoms with Crippen LogP contribution in [0, 0.1) is 0 Å². The molecular weight excluding hydrogens is 314 g/mol. The van der Waals surface area contributed by atoms with Gasteiger partial charge in [0.15, 0.2) is 0 Å². The summed E-state index contributed by atoms with van der Waals surface area (Å²) in [7, 11) is 3.95. The van der Waals surface area contributed by atoms with Crippen LogP contribution in [0.2, 0.25) is 0 Å². The Morgan fingerprint density at radius 2 is 1.96 bits per heavy atom. The summed E-state index contributed by atoms with van der Waals surface area (Å²) in [6, 6.07) is 15.6. The quantitative estimate of drug-likeness (QED) is 0.622. The summed E-state index contributed by atoms with van der Waals surface area (Å²) in [5.74, 6) is -0.115. The highest BCUT2D eigenvalue weighted by atomic mass is 16.3. The lowest BCUT2D eigenvalue weighted by Crippen LogP contribution is -2.31. The number of benzene rings is 2. The lowest BCUT2D eigenvalue weighted by molar-refractivity contribution is 0.0952. The molecule has 0 spiro atoms. The first-order chi connectivity index (χ1) is 12.1. The fourth-order valence-corrected chi connectivity index (χ4v) is 3.01. The number of hydrogen-bond donors (Lipinski definition) is 1. The molecule has 5 nitrogen and oxygen atoms in total. The first-order valence-electron chi connectivity index (χ1n) is 8.27. The minimum absolute atomic E-state index is 0.115. The van der Waals surface area contributed by atoms with Crippen LogP contribution in [-0.4, -0.2) is 43.0 Å². The molecule has 0 fully saturated rings. The van der Waals surface area contributed by atoms with Gasteiger partial charge in [-0.15, -0.1) is 0 Å². The number of amides is 1. The van der Waals surface area contributed by atoms with Crippen LogP contribution < -0.4 is 5.32 Å². The number of nitrogens with zero attached hydrogens (tertiary/aromatic N) is 2. The predicted molar refractivity (Wildman–Crippen MR) is 99.9 cm³/mol. The van der Waals surface area contributed by atoms with Crippen molar-refractivity contribution in [2.75, 3.05) is 27.2 Å². The average Bonchev–Trinajstić information content (AvgIpc) is 2.96. The Bertz CT molecular complexity index is 1080. The van der Waals surface area contributed by atoms with Crippen LogP contribution in [0.4, 0.5) is 0 Å². The molecule has 0 saturated carbocycles. The van der Waals surface area contributed by atoms with E-state index in [1.807, 2.05) is 61.5 Å². The molecule has 0 unspecified atom stereocenters. The van der Waals surface area contributed by atoms with Crippen molar-refractivity contribution >= 4 is 38.9 Å². The van der Waals surface area contributed by atoms with E-state index in [2.05, 4.69) is 10.3 Å². The minimum Gasteiger partial charge on any atom is -0.438 e. The second kappa shape index (κ2) is 6.18. The molecule has 2 aromatic heterocycles. The lowest BCUT2D eigenvalue weighted by Gasteiger charge is -2.11. The molecular formula is C20H19N3O2.